The first-order chi connectivity index (χ1) is 12.0. The van der Waals surface area contributed by atoms with E-state index in [0.29, 0.717) is 23.3 Å². The van der Waals surface area contributed by atoms with Gasteiger partial charge in [0, 0.05) is 12.0 Å². The predicted octanol–water partition coefficient (Wildman–Crippen LogP) is 3.64. The Morgan fingerprint density at radius 1 is 1.12 bits per heavy atom. The zero-order chi connectivity index (χ0) is 17.8. The van der Waals surface area contributed by atoms with Crippen molar-refractivity contribution in [2.24, 2.45) is 0 Å². The number of ether oxygens (including phenoxy) is 1. The van der Waals surface area contributed by atoms with Crippen molar-refractivity contribution in [1.29, 1.82) is 5.26 Å². The van der Waals surface area contributed by atoms with Crippen LogP contribution in [0, 0.1) is 25.2 Å². The number of rotatable bonds is 4. The van der Waals surface area contributed by atoms with Gasteiger partial charge in [0.05, 0.1) is 17.3 Å². The minimum atomic E-state index is -0.172. The Morgan fingerprint density at radius 3 is 2.72 bits per heavy atom. The summed E-state index contributed by atoms with van der Waals surface area (Å²) in [6.45, 7) is 3.73. The van der Waals surface area contributed by atoms with E-state index in [1.807, 2.05) is 31.2 Å². The second kappa shape index (κ2) is 7.02. The van der Waals surface area contributed by atoms with Crippen molar-refractivity contribution in [1.82, 2.24) is 10.2 Å². The molecule has 0 aliphatic rings. The van der Waals surface area contributed by atoms with Crippen LogP contribution < -0.4 is 10.3 Å². The van der Waals surface area contributed by atoms with Gasteiger partial charge in [-0.2, -0.15) is 10.4 Å². The molecule has 3 rings (SSSR count). The molecule has 0 saturated heterocycles. The standard InChI is InChI=1S/C20H17N3O2/c1-13-6-7-15(9-17-8-14(2)20(24)23-22-17)11-19(13)25-18-5-3-4-16(10-18)12-21/h3-8,10-11H,9H2,1-2H3,(H,23,24). The number of hydrogen-bond acceptors (Lipinski definition) is 4. The lowest BCUT2D eigenvalue weighted by Crippen LogP contribution is -2.12. The lowest BCUT2D eigenvalue weighted by atomic mass is 10.1. The Bertz CT molecular complexity index is 1020. The average Bonchev–Trinajstić information content (AvgIpc) is 2.61. The molecule has 0 unspecified atom stereocenters. The molecule has 124 valence electrons. The summed E-state index contributed by atoms with van der Waals surface area (Å²) >= 11 is 0. The summed E-state index contributed by atoms with van der Waals surface area (Å²) in [6.07, 6.45) is 0.590. The maximum atomic E-state index is 11.4. The number of aryl methyl sites for hydroxylation is 2. The van der Waals surface area contributed by atoms with Crippen molar-refractivity contribution in [2.45, 2.75) is 20.3 Å². The number of aromatic nitrogens is 2. The van der Waals surface area contributed by atoms with E-state index in [1.54, 1.807) is 31.2 Å². The van der Waals surface area contributed by atoms with Crippen LogP contribution >= 0.6 is 0 Å². The van der Waals surface area contributed by atoms with E-state index in [0.717, 1.165) is 22.6 Å². The number of H-pyrrole nitrogens is 1. The highest BCUT2D eigenvalue weighted by Crippen LogP contribution is 2.27. The third kappa shape index (κ3) is 3.93. The molecule has 0 aliphatic carbocycles. The zero-order valence-corrected chi connectivity index (χ0v) is 14.0. The van der Waals surface area contributed by atoms with E-state index in [-0.39, 0.29) is 5.56 Å². The van der Waals surface area contributed by atoms with Gasteiger partial charge >= 0.3 is 0 Å². The minimum absolute atomic E-state index is 0.172. The molecule has 1 N–H and O–H groups in total. The second-order valence-electron chi connectivity index (χ2n) is 5.89. The first-order valence-electron chi connectivity index (χ1n) is 7.88. The van der Waals surface area contributed by atoms with E-state index < -0.39 is 0 Å². The van der Waals surface area contributed by atoms with Crippen LogP contribution in [0.1, 0.15) is 27.9 Å². The number of benzene rings is 2. The van der Waals surface area contributed by atoms with Gasteiger partial charge < -0.3 is 4.74 Å². The second-order valence-corrected chi connectivity index (χ2v) is 5.89. The van der Waals surface area contributed by atoms with Gasteiger partial charge in [-0.25, -0.2) is 5.10 Å². The fraction of sp³-hybridized carbons (Fsp3) is 0.150. The molecule has 1 heterocycles. The monoisotopic (exact) mass is 331 g/mol. The first-order valence-corrected chi connectivity index (χ1v) is 7.88. The third-order valence-corrected chi connectivity index (χ3v) is 3.87. The molecule has 2 aromatic carbocycles. The molecule has 0 amide bonds. The van der Waals surface area contributed by atoms with E-state index in [9.17, 15) is 4.79 Å². The van der Waals surface area contributed by atoms with Crippen LogP contribution in [-0.4, -0.2) is 10.2 Å². The Morgan fingerprint density at radius 2 is 1.96 bits per heavy atom. The SMILES string of the molecule is Cc1ccc(Cc2cc(C)c(=O)[nH]n2)cc1Oc1cccc(C#N)c1. The van der Waals surface area contributed by atoms with Gasteiger partial charge in [0.25, 0.3) is 5.56 Å². The molecule has 0 atom stereocenters. The maximum Gasteiger partial charge on any atom is 0.267 e. The fourth-order valence-electron chi connectivity index (χ4n) is 2.48. The van der Waals surface area contributed by atoms with Gasteiger partial charge in [-0.1, -0.05) is 18.2 Å². The molecule has 25 heavy (non-hydrogen) atoms. The Labute approximate surface area is 145 Å². The molecular formula is C20H17N3O2. The van der Waals surface area contributed by atoms with Crippen LogP contribution in [0.3, 0.4) is 0 Å². The molecule has 5 heteroatoms. The van der Waals surface area contributed by atoms with Gasteiger partial charge in [-0.05, 0) is 55.3 Å². The molecular weight excluding hydrogens is 314 g/mol. The van der Waals surface area contributed by atoms with Gasteiger partial charge in [0.2, 0.25) is 0 Å². The van der Waals surface area contributed by atoms with Crippen molar-refractivity contribution in [2.75, 3.05) is 0 Å². The molecule has 0 saturated carbocycles. The molecule has 0 bridgehead atoms. The van der Waals surface area contributed by atoms with Crippen molar-refractivity contribution in [3.8, 4) is 17.6 Å². The summed E-state index contributed by atoms with van der Waals surface area (Å²) in [5, 5.41) is 15.6. The number of nitrogens with zero attached hydrogens (tertiary/aromatic N) is 2. The first kappa shape index (κ1) is 16.5. The molecule has 0 radical (unpaired) electrons. The summed E-state index contributed by atoms with van der Waals surface area (Å²) in [5.74, 6) is 1.35. The van der Waals surface area contributed by atoms with Gasteiger partial charge in [0.15, 0.2) is 0 Å². The molecule has 0 fully saturated rings. The van der Waals surface area contributed by atoms with Gasteiger partial charge in [-0.3, -0.25) is 4.79 Å². The van der Waals surface area contributed by atoms with E-state index in [4.69, 9.17) is 10.00 Å². The smallest absolute Gasteiger partial charge is 0.267 e. The van der Waals surface area contributed by atoms with E-state index in [2.05, 4.69) is 16.3 Å². The van der Waals surface area contributed by atoms with Crippen LogP contribution in [0.25, 0.3) is 0 Å². The maximum absolute atomic E-state index is 11.4. The quantitative estimate of drug-likeness (QED) is 0.791. The van der Waals surface area contributed by atoms with Crippen LogP contribution in [-0.2, 0) is 6.42 Å². The summed E-state index contributed by atoms with van der Waals surface area (Å²) in [7, 11) is 0. The van der Waals surface area contributed by atoms with Crippen LogP contribution in [0.15, 0.2) is 53.3 Å². The molecule has 3 aromatic rings. The Kier molecular flexibility index (Phi) is 4.62. The molecule has 1 aromatic heterocycles. The summed E-state index contributed by atoms with van der Waals surface area (Å²) in [5.41, 5.74) is 3.83. The summed E-state index contributed by atoms with van der Waals surface area (Å²) in [6, 6.07) is 16.9. The number of nitriles is 1. The number of nitrogens with one attached hydrogen (secondary N) is 1. The minimum Gasteiger partial charge on any atom is -0.457 e. The van der Waals surface area contributed by atoms with E-state index in [1.165, 1.54) is 0 Å². The molecule has 0 spiro atoms. The molecule has 0 aliphatic heterocycles. The number of aromatic amines is 1. The van der Waals surface area contributed by atoms with Crippen LogP contribution in [0.2, 0.25) is 0 Å². The lowest BCUT2D eigenvalue weighted by Gasteiger charge is -2.11. The Balaban J connectivity index is 1.86. The highest BCUT2D eigenvalue weighted by Gasteiger charge is 2.07. The predicted molar refractivity (Wildman–Crippen MR) is 94.8 cm³/mol. The number of hydrogen-bond donors (Lipinski definition) is 1. The van der Waals surface area contributed by atoms with E-state index >= 15 is 0 Å². The van der Waals surface area contributed by atoms with Crippen molar-refractivity contribution < 1.29 is 4.74 Å². The zero-order valence-electron chi connectivity index (χ0n) is 14.0. The average molecular weight is 331 g/mol. The third-order valence-electron chi connectivity index (χ3n) is 3.87. The normalized spacial score (nSPS) is 10.3. The van der Waals surface area contributed by atoms with Crippen LogP contribution in [0.4, 0.5) is 0 Å². The van der Waals surface area contributed by atoms with Gasteiger partial charge in [-0.15, -0.1) is 0 Å². The van der Waals surface area contributed by atoms with Crippen molar-refractivity contribution >= 4 is 0 Å². The fourth-order valence-corrected chi connectivity index (χ4v) is 2.48. The largest absolute Gasteiger partial charge is 0.457 e. The highest BCUT2D eigenvalue weighted by molar-refractivity contribution is 5.43. The molecule has 5 nitrogen and oxygen atoms in total. The lowest BCUT2D eigenvalue weighted by molar-refractivity contribution is 0.478. The van der Waals surface area contributed by atoms with Crippen molar-refractivity contribution in [3.05, 3.63) is 86.8 Å². The Hall–Kier alpha value is -3.39. The summed E-state index contributed by atoms with van der Waals surface area (Å²) in [4.78, 5) is 11.4. The van der Waals surface area contributed by atoms with Gasteiger partial charge in [0.1, 0.15) is 11.5 Å². The highest BCUT2D eigenvalue weighted by atomic mass is 16.5. The summed E-state index contributed by atoms with van der Waals surface area (Å²) < 4.78 is 5.94. The van der Waals surface area contributed by atoms with Crippen molar-refractivity contribution in [3.63, 3.8) is 0 Å². The van der Waals surface area contributed by atoms with Crippen LogP contribution in [0.5, 0.6) is 11.5 Å². The topological polar surface area (TPSA) is 78.8 Å².